The van der Waals surface area contributed by atoms with Crippen LogP contribution in [0.3, 0.4) is 0 Å². The topological polar surface area (TPSA) is 99.1 Å². The number of benzene rings is 2. The predicted molar refractivity (Wildman–Crippen MR) is 108 cm³/mol. The van der Waals surface area contributed by atoms with E-state index in [0.717, 1.165) is 11.8 Å². The number of nitrogens with zero attached hydrogens (tertiary/aromatic N) is 1. The van der Waals surface area contributed by atoms with E-state index in [1.165, 1.54) is 55.5 Å². The van der Waals surface area contributed by atoms with Crippen LogP contribution in [0.1, 0.15) is 15.9 Å². The van der Waals surface area contributed by atoms with Gasteiger partial charge in [0, 0.05) is 0 Å². The lowest BCUT2D eigenvalue weighted by Crippen LogP contribution is -2.27. The molecule has 1 aliphatic heterocycles. The fourth-order valence-electron chi connectivity index (χ4n) is 2.71. The van der Waals surface area contributed by atoms with Gasteiger partial charge in [-0.1, -0.05) is 42.2 Å². The number of aromatic carboxylic acids is 1. The van der Waals surface area contributed by atoms with E-state index in [1.807, 2.05) is 0 Å². The molecular formula is C19H14NO6S2-. The van der Waals surface area contributed by atoms with Gasteiger partial charge < -0.3 is 19.7 Å². The molecule has 0 saturated carbocycles. The van der Waals surface area contributed by atoms with Gasteiger partial charge >= 0.3 is 5.97 Å². The fraction of sp³-hybridized carbons (Fsp3) is 0.105. The number of carboxylic acid groups (broad SMARTS) is 1. The van der Waals surface area contributed by atoms with Gasteiger partial charge in [0.05, 0.1) is 24.8 Å². The third kappa shape index (κ3) is 3.54. The second kappa shape index (κ2) is 7.91. The van der Waals surface area contributed by atoms with E-state index in [9.17, 15) is 19.8 Å². The number of rotatable bonds is 5. The molecule has 0 aromatic heterocycles. The zero-order valence-corrected chi connectivity index (χ0v) is 16.4. The Morgan fingerprint density at radius 2 is 1.86 bits per heavy atom. The largest absolute Gasteiger partial charge is 0.872 e. The van der Waals surface area contributed by atoms with Gasteiger partial charge in [0.1, 0.15) is 5.56 Å². The second-order valence-corrected chi connectivity index (χ2v) is 7.26. The number of ether oxygens (including phenoxy) is 2. The summed E-state index contributed by atoms with van der Waals surface area (Å²) in [5.41, 5.74) is 0.625. The zero-order valence-electron chi connectivity index (χ0n) is 14.8. The molecule has 0 aliphatic carbocycles. The maximum Gasteiger partial charge on any atom is 0.340 e. The lowest BCUT2D eigenvalue weighted by Gasteiger charge is -2.16. The van der Waals surface area contributed by atoms with E-state index < -0.39 is 11.9 Å². The van der Waals surface area contributed by atoms with Crippen LogP contribution in [0.25, 0.3) is 6.08 Å². The molecule has 1 aliphatic rings. The van der Waals surface area contributed by atoms with Crippen LogP contribution in [0, 0.1) is 0 Å². The Labute approximate surface area is 170 Å². The molecule has 1 heterocycles. The van der Waals surface area contributed by atoms with E-state index in [1.54, 1.807) is 6.07 Å². The number of hydrogen-bond acceptors (Lipinski definition) is 7. The van der Waals surface area contributed by atoms with Crippen LogP contribution in [-0.4, -0.2) is 35.5 Å². The number of thiocarbonyl (C=S) groups is 1. The van der Waals surface area contributed by atoms with Gasteiger partial charge in [-0.05, 0) is 29.8 Å². The molecule has 7 nitrogen and oxygen atoms in total. The average Bonchev–Trinajstić information content (AvgIpc) is 2.95. The normalized spacial score (nSPS) is 15.2. The molecule has 0 unspecified atom stereocenters. The van der Waals surface area contributed by atoms with Crippen LogP contribution in [-0.2, 0) is 4.79 Å². The summed E-state index contributed by atoms with van der Waals surface area (Å²) >= 11 is 6.33. The molecule has 1 fully saturated rings. The number of amides is 1. The van der Waals surface area contributed by atoms with Crippen molar-refractivity contribution in [3.05, 3.63) is 52.4 Å². The van der Waals surface area contributed by atoms with Gasteiger partial charge in [0.2, 0.25) is 0 Å². The first-order valence-corrected chi connectivity index (χ1v) is 9.13. The minimum atomic E-state index is -1.22. The summed E-state index contributed by atoms with van der Waals surface area (Å²) in [7, 11) is 2.74. The molecule has 3 rings (SSSR count). The first-order chi connectivity index (χ1) is 13.4. The second-order valence-electron chi connectivity index (χ2n) is 5.58. The fourth-order valence-corrected chi connectivity index (χ4v) is 4.00. The maximum atomic E-state index is 12.8. The van der Waals surface area contributed by atoms with E-state index in [-0.39, 0.29) is 37.6 Å². The Morgan fingerprint density at radius 1 is 1.18 bits per heavy atom. The van der Waals surface area contributed by atoms with Gasteiger partial charge in [-0.3, -0.25) is 9.69 Å². The highest BCUT2D eigenvalue weighted by molar-refractivity contribution is 8.27. The Kier molecular flexibility index (Phi) is 5.57. The zero-order chi connectivity index (χ0) is 20.4. The van der Waals surface area contributed by atoms with Crippen molar-refractivity contribution in [2.75, 3.05) is 19.1 Å². The number of carbonyl (C=O) groups excluding carboxylic acids is 1. The van der Waals surface area contributed by atoms with Crippen molar-refractivity contribution in [2.24, 2.45) is 0 Å². The third-order valence-corrected chi connectivity index (χ3v) is 5.27. The number of carbonyl (C=O) groups is 2. The summed E-state index contributed by atoms with van der Waals surface area (Å²) in [6.07, 6.45) is 1.45. The molecule has 2 aromatic carbocycles. The Bertz CT molecular complexity index is 1000. The van der Waals surface area contributed by atoms with E-state index in [2.05, 4.69) is 0 Å². The highest BCUT2D eigenvalue weighted by Gasteiger charge is 2.34. The molecule has 9 heteroatoms. The molecule has 28 heavy (non-hydrogen) atoms. The van der Waals surface area contributed by atoms with Crippen molar-refractivity contribution < 1.29 is 29.3 Å². The van der Waals surface area contributed by atoms with Crippen LogP contribution >= 0.6 is 24.0 Å². The van der Waals surface area contributed by atoms with E-state index in [4.69, 9.17) is 21.7 Å². The van der Waals surface area contributed by atoms with E-state index in [0.29, 0.717) is 5.69 Å². The van der Waals surface area contributed by atoms with Crippen molar-refractivity contribution in [1.29, 1.82) is 0 Å². The van der Waals surface area contributed by atoms with Crippen LogP contribution in [0.15, 0.2) is 41.3 Å². The minimum absolute atomic E-state index is 0.0604. The average molecular weight is 416 g/mol. The first-order valence-electron chi connectivity index (χ1n) is 7.90. The summed E-state index contributed by atoms with van der Waals surface area (Å²) in [6, 6.07) is 8.79. The van der Waals surface area contributed by atoms with Gasteiger partial charge in [-0.2, -0.15) is 0 Å². The van der Waals surface area contributed by atoms with Gasteiger partial charge in [0.25, 0.3) is 5.91 Å². The van der Waals surface area contributed by atoms with Crippen molar-refractivity contribution in [2.45, 2.75) is 0 Å². The van der Waals surface area contributed by atoms with Crippen molar-refractivity contribution in [3.63, 3.8) is 0 Å². The number of methoxy groups -OCH3 is 2. The molecule has 0 atom stereocenters. The van der Waals surface area contributed by atoms with Gasteiger partial charge in [0.15, 0.2) is 15.8 Å². The molecular weight excluding hydrogens is 402 g/mol. The molecule has 0 bridgehead atoms. The molecule has 0 radical (unpaired) electrons. The number of carboxylic acids is 1. The number of anilines is 1. The van der Waals surface area contributed by atoms with Crippen LogP contribution < -0.4 is 19.5 Å². The Balaban J connectivity index is 2.05. The smallest absolute Gasteiger partial charge is 0.340 e. The SMILES string of the molecule is COc1ccc(/C=C2\SC(=S)N(c3ccc([O-])cc3)C2=O)c(C(=O)O)c1OC. The summed E-state index contributed by atoms with van der Waals surface area (Å²) in [6.45, 7) is 0. The Hall–Kier alpha value is -3.04. The molecule has 2 aromatic rings. The van der Waals surface area contributed by atoms with Crippen molar-refractivity contribution in [3.8, 4) is 17.2 Å². The van der Waals surface area contributed by atoms with Gasteiger partial charge in [-0.25, -0.2) is 4.79 Å². The quantitative estimate of drug-likeness (QED) is 0.587. The van der Waals surface area contributed by atoms with Crippen molar-refractivity contribution in [1.82, 2.24) is 0 Å². The standard InChI is InChI=1S/C19H15NO6S2/c1-25-13-8-3-10(15(18(23)24)16(13)26-2)9-14-17(22)20(19(27)28-14)11-4-6-12(21)7-5-11/h3-9,21H,1-2H3,(H,23,24)/p-1/b14-9-. The summed E-state index contributed by atoms with van der Waals surface area (Å²) in [5, 5.41) is 20.9. The molecule has 0 spiro atoms. The number of thioether (sulfide) groups is 1. The predicted octanol–water partition coefficient (Wildman–Crippen LogP) is 2.88. The molecule has 1 saturated heterocycles. The van der Waals surface area contributed by atoms with Crippen LogP contribution in [0.5, 0.6) is 17.2 Å². The summed E-state index contributed by atoms with van der Waals surface area (Å²) in [4.78, 5) is 26.2. The molecule has 144 valence electrons. The summed E-state index contributed by atoms with van der Waals surface area (Å²) in [5.74, 6) is -1.47. The number of hydrogen-bond donors (Lipinski definition) is 1. The molecule has 1 amide bonds. The van der Waals surface area contributed by atoms with Crippen molar-refractivity contribution >= 4 is 51.9 Å². The minimum Gasteiger partial charge on any atom is -0.872 e. The lowest BCUT2D eigenvalue weighted by molar-refractivity contribution is -0.268. The van der Waals surface area contributed by atoms with Gasteiger partial charge in [-0.15, -0.1) is 5.75 Å². The highest BCUT2D eigenvalue weighted by atomic mass is 32.2. The first kappa shape index (κ1) is 19.7. The highest BCUT2D eigenvalue weighted by Crippen LogP contribution is 2.39. The van der Waals surface area contributed by atoms with E-state index >= 15 is 0 Å². The lowest BCUT2D eigenvalue weighted by atomic mass is 10.0. The van der Waals surface area contributed by atoms with Crippen LogP contribution in [0.2, 0.25) is 0 Å². The molecule has 1 N–H and O–H groups in total. The monoisotopic (exact) mass is 416 g/mol. The third-order valence-electron chi connectivity index (χ3n) is 3.97. The Morgan fingerprint density at radius 3 is 2.43 bits per heavy atom. The maximum absolute atomic E-state index is 12.8. The van der Waals surface area contributed by atoms with Crippen LogP contribution in [0.4, 0.5) is 5.69 Å². The summed E-state index contributed by atoms with van der Waals surface area (Å²) < 4.78 is 10.6.